The zero-order valence-electron chi connectivity index (χ0n) is 8.34. The van der Waals surface area contributed by atoms with E-state index in [1.165, 1.54) is 0 Å². The summed E-state index contributed by atoms with van der Waals surface area (Å²) in [5, 5.41) is 18.4. The average molecular weight is 186 g/mol. The van der Waals surface area contributed by atoms with E-state index in [1.54, 1.807) is 0 Å². The molecule has 0 radical (unpaired) electrons. The van der Waals surface area contributed by atoms with E-state index in [4.69, 9.17) is 0 Å². The maximum atomic E-state index is 11.2. The van der Waals surface area contributed by atoms with Gasteiger partial charge in [0, 0.05) is 12.0 Å². The fraction of sp³-hybridized carbons (Fsp3) is 0.900. The van der Waals surface area contributed by atoms with Crippen molar-refractivity contribution >= 4 is 5.97 Å². The quantitative estimate of drug-likeness (QED) is 0.704. The Morgan fingerprint density at radius 2 is 1.85 bits per heavy atom. The van der Waals surface area contributed by atoms with E-state index in [2.05, 4.69) is 0 Å². The van der Waals surface area contributed by atoms with E-state index in [0.29, 0.717) is 12.8 Å². The van der Waals surface area contributed by atoms with E-state index in [-0.39, 0.29) is 6.61 Å². The van der Waals surface area contributed by atoms with Crippen LogP contribution in [-0.2, 0) is 4.79 Å². The van der Waals surface area contributed by atoms with E-state index in [0.717, 1.165) is 12.8 Å². The lowest BCUT2D eigenvalue weighted by atomic mass is 9.64. The van der Waals surface area contributed by atoms with Crippen molar-refractivity contribution < 1.29 is 15.0 Å². The van der Waals surface area contributed by atoms with Crippen molar-refractivity contribution in [3.8, 4) is 0 Å². The molecule has 76 valence electrons. The molecule has 0 bridgehead atoms. The number of carbonyl (C=O) groups is 1. The summed E-state index contributed by atoms with van der Waals surface area (Å²) >= 11 is 0. The van der Waals surface area contributed by atoms with Crippen LogP contribution in [-0.4, -0.2) is 22.8 Å². The Labute approximate surface area is 78.8 Å². The Morgan fingerprint density at radius 1 is 1.38 bits per heavy atom. The molecule has 0 saturated heterocycles. The van der Waals surface area contributed by atoms with Gasteiger partial charge in [-0.2, -0.15) is 0 Å². The van der Waals surface area contributed by atoms with Gasteiger partial charge in [-0.05, 0) is 12.8 Å². The van der Waals surface area contributed by atoms with Crippen LogP contribution in [0.25, 0.3) is 0 Å². The SMILES string of the molecule is CC(C)(CO)C1(C(=O)O)CCCC1. The molecule has 3 nitrogen and oxygen atoms in total. The molecule has 1 rings (SSSR count). The third kappa shape index (κ3) is 1.46. The van der Waals surface area contributed by atoms with E-state index >= 15 is 0 Å². The number of hydrogen-bond acceptors (Lipinski definition) is 2. The van der Waals surface area contributed by atoms with Crippen molar-refractivity contribution in [3.63, 3.8) is 0 Å². The van der Waals surface area contributed by atoms with E-state index < -0.39 is 16.8 Å². The lowest BCUT2D eigenvalue weighted by Crippen LogP contribution is -2.44. The highest BCUT2D eigenvalue weighted by Gasteiger charge is 2.52. The fourth-order valence-electron chi connectivity index (χ4n) is 2.31. The number of aliphatic carboxylic acids is 1. The van der Waals surface area contributed by atoms with Gasteiger partial charge < -0.3 is 10.2 Å². The second-order valence-corrected chi connectivity index (χ2v) is 4.64. The van der Waals surface area contributed by atoms with Crippen LogP contribution in [0.15, 0.2) is 0 Å². The summed E-state index contributed by atoms with van der Waals surface area (Å²) in [5.41, 5.74) is -1.20. The van der Waals surface area contributed by atoms with Gasteiger partial charge >= 0.3 is 5.97 Å². The summed E-state index contributed by atoms with van der Waals surface area (Å²) in [6, 6.07) is 0. The van der Waals surface area contributed by atoms with Crippen LogP contribution in [0.1, 0.15) is 39.5 Å². The van der Waals surface area contributed by atoms with E-state index in [1.807, 2.05) is 13.8 Å². The summed E-state index contributed by atoms with van der Waals surface area (Å²) < 4.78 is 0. The first kappa shape index (κ1) is 10.5. The van der Waals surface area contributed by atoms with Crippen LogP contribution in [0, 0.1) is 10.8 Å². The van der Waals surface area contributed by atoms with Gasteiger partial charge in [-0.15, -0.1) is 0 Å². The van der Waals surface area contributed by atoms with Crippen LogP contribution < -0.4 is 0 Å². The molecule has 0 spiro atoms. The Balaban J connectivity index is 2.97. The molecule has 0 atom stereocenters. The van der Waals surface area contributed by atoms with Crippen LogP contribution in [0.2, 0.25) is 0 Å². The first-order valence-corrected chi connectivity index (χ1v) is 4.80. The maximum Gasteiger partial charge on any atom is 0.310 e. The number of carboxylic acids is 1. The Bertz CT molecular complexity index is 202. The summed E-state index contributed by atoms with van der Waals surface area (Å²) in [4.78, 5) is 11.2. The third-order valence-electron chi connectivity index (χ3n) is 3.56. The highest BCUT2D eigenvalue weighted by Crippen LogP contribution is 2.51. The lowest BCUT2D eigenvalue weighted by Gasteiger charge is -2.39. The molecule has 3 heteroatoms. The number of rotatable bonds is 3. The molecule has 2 N–H and O–H groups in total. The maximum absolute atomic E-state index is 11.2. The van der Waals surface area contributed by atoms with Gasteiger partial charge in [-0.1, -0.05) is 26.7 Å². The topological polar surface area (TPSA) is 57.5 Å². The minimum Gasteiger partial charge on any atom is -0.481 e. The molecule has 0 amide bonds. The van der Waals surface area contributed by atoms with Gasteiger partial charge in [0.05, 0.1) is 5.41 Å². The largest absolute Gasteiger partial charge is 0.481 e. The Hall–Kier alpha value is -0.570. The van der Waals surface area contributed by atoms with E-state index in [9.17, 15) is 15.0 Å². The fourth-order valence-corrected chi connectivity index (χ4v) is 2.31. The number of aliphatic hydroxyl groups is 1. The zero-order chi connectivity index (χ0) is 10.1. The minimum atomic E-state index is -0.746. The smallest absolute Gasteiger partial charge is 0.310 e. The number of aliphatic hydroxyl groups excluding tert-OH is 1. The van der Waals surface area contributed by atoms with Crippen molar-refractivity contribution in [1.82, 2.24) is 0 Å². The molecule has 13 heavy (non-hydrogen) atoms. The van der Waals surface area contributed by atoms with Crippen molar-refractivity contribution in [2.45, 2.75) is 39.5 Å². The molecule has 1 fully saturated rings. The number of carboxylic acid groups (broad SMARTS) is 1. The average Bonchev–Trinajstić information content (AvgIpc) is 2.53. The summed E-state index contributed by atoms with van der Waals surface area (Å²) in [6.07, 6.45) is 3.34. The van der Waals surface area contributed by atoms with Gasteiger partial charge in [0.15, 0.2) is 0 Å². The summed E-state index contributed by atoms with van der Waals surface area (Å²) in [7, 11) is 0. The van der Waals surface area contributed by atoms with Gasteiger partial charge in [0.2, 0.25) is 0 Å². The lowest BCUT2D eigenvalue weighted by molar-refractivity contribution is -0.158. The molecule has 0 unspecified atom stereocenters. The molecule has 0 aliphatic heterocycles. The zero-order valence-corrected chi connectivity index (χ0v) is 8.34. The Morgan fingerprint density at radius 3 is 2.15 bits per heavy atom. The predicted octanol–water partition coefficient (Wildman–Crippen LogP) is 1.65. The van der Waals surface area contributed by atoms with Gasteiger partial charge in [0.25, 0.3) is 0 Å². The minimum absolute atomic E-state index is 0.0563. The van der Waals surface area contributed by atoms with Gasteiger partial charge in [-0.25, -0.2) is 0 Å². The van der Waals surface area contributed by atoms with Crippen molar-refractivity contribution in [2.75, 3.05) is 6.61 Å². The molecular weight excluding hydrogens is 168 g/mol. The van der Waals surface area contributed by atoms with Crippen molar-refractivity contribution in [3.05, 3.63) is 0 Å². The van der Waals surface area contributed by atoms with Crippen molar-refractivity contribution in [1.29, 1.82) is 0 Å². The third-order valence-corrected chi connectivity index (χ3v) is 3.56. The molecular formula is C10H18O3. The molecule has 1 saturated carbocycles. The Kier molecular flexibility index (Phi) is 2.66. The highest BCUT2D eigenvalue weighted by atomic mass is 16.4. The molecule has 0 aromatic carbocycles. The monoisotopic (exact) mass is 186 g/mol. The molecule has 0 heterocycles. The van der Waals surface area contributed by atoms with Gasteiger partial charge in [0.1, 0.15) is 0 Å². The predicted molar refractivity (Wildman–Crippen MR) is 49.4 cm³/mol. The van der Waals surface area contributed by atoms with Crippen LogP contribution >= 0.6 is 0 Å². The second kappa shape index (κ2) is 3.29. The molecule has 0 aromatic rings. The summed E-state index contributed by atoms with van der Waals surface area (Å²) in [5.74, 6) is -0.746. The second-order valence-electron chi connectivity index (χ2n) is 4.64. The van der Waals surface area contributed by atoms with Crippen LogP contribution in [0.3, 0.4) is 0 Å². The van der Waals surface area contributed by atoms with Crippen LogP contribution in [0.4, 0.5) is 0 Å². The summed E-state index contributed by atoms with van der Waals surface area (Å²) in [6.45, 7) is 3.62. The standard InChI is InChI=1S/C10H18O3/c1-9(2,7-11)10(8(12)13)5-3-4-6-10/h11H,3-7H2,1-2H3,(H,12,13). The van der Waals surface area contributed by atoms with Crippen LogP contribution in [0.5, 0.6) is 0 Å². The molecule has 1 aliphatic carbocycles. The first-order chi connectivity index (χ1) is 5.96. The highest BCUT2D eigenvalue weighted by molar-refractivity contribution is 5.76. The van der Waals surface area contributed by atoms with Gasteiger partial charge in [-0.3, -0.25) is 4.79 Å². The number of hydrogen-bond donors (Lipinski definition) is 2. The molecule has 1 aliphatic rings. The normalized spacial score (nSPS) is 21.8. The molecule has 0 aromatic heterocycles. The first-order valence-electron chi connectivity index (χ1n) is 4.80. The van der Waals surface area contributed by atoms with Crippen molar-refractivity contribution in [2.24, 2.45) is 10.8 Å².